The van der Waals surface area contributed by atoms with Gasteiger partial charge in [-0.2, -0.15) is 8.78 Å². The number of hydrogen-bond acceptors (Lipinski definition) is 2. The summed E-state index contributed by atoms with van der Waals surface area (Å²) < 4.78 is 28.5. The lowest BCUT2D eigenvalue weighted by atomic mass is 10.1. The highest BCUT2D eigenvalue weighted by molar-refractivity contribution is 14.1. The zero-order valence-corrected chi connectivity index (χ0v) is 10.5. The number of rotatable bonds is 3. The topological polar surface area (TPSA) is 26.3 Å². The molecule has 0 aliphatic carbocycles. The molecule has 0 atom stereocenters. The van der Waals surface area contributed by atoms with Gasteiger partial charge in [0.2, 0.25) is 0 Å². The number of alkyl halides is 2. The molecule has 1 aromatic rings. The zero-order chi connectivity index (χ0) is 11.6. The molecule has 15 heavy (non-hydrogen) atoms. The largest absolute Gasteiger partial charge is 0.433 e. The molecule has 1 rings (SSSR count). The molecule has 0 aliphatic heterocycles. The first-order chi connectivity index (χ1) is 6.93. The minimum atomic E-state index is -2.93. The van der Waals surface area contributed by atoms with Crippen molar-refractivity contribution in [2.24, 2.45) is 0 Å². The number of benzene rings is 1. The van der Waals surface area contributed by atoms with Crippen LogP contribution in [0.4, 0.5) is 8.78 Å². The van der Waals surface area contributed by atoms with E-state index in [-0.39, 0.29) is 16.6 Å². The van der Waals surface area contributed by atoms with Crippen molar-refractivity contribution in [1.29, 1.82) is 0 Å². The van der Waals surface area contributed by atoms with Crippen LogP contribution >= 0.6 is 34.2 Å². The van der Waals surface area contributed by atoms with Crippen molar-refractivity contribution >= 4 is 40.0 Å². The van der Waals surface area contributed by atoms with Crippen molar-refractivity contribution in [1.82, 2.24) is 0 Å². The molecule has 1 aromatic carbocycles. The third-order valence-electron chi connectivity index (χ3n) is 1.64. The Morgan fingerprint density at radius 1 is 1.53 bits per heavy atom. The number of ketones is 1. The maximum Gasteiger partial charge on any atom is 0.387 e. The lowest BCUT2D eigenvalue weighted by molar-refractivity contribution is -0.0498. The number of ether oxygens (including phenoxy) is 1. The van der Waals surface area contributed by atoms with E-state index in [0.717, 1.165) is 0 Å². The standard InChI is InChI=1S/C9H6ClF2IO2/c1-4(14)5-2-3-6(15-9(11)12)7(10)8(5)13/h2-3,9H,1H3. The molecule has 0 saturated heterocycles. The van der Waals surface area contributed by atoms with Crippen LogP contribution < -0.4 is 4.74 Å². The Bertz CT molecular complexity index is 396. The Hall–Kier alpha value is -0.430. The SMILES string of the molecule is CC(=O)c1ccc(OC(F)F)c(Cl)c1I. The van der Waals surface area contributed by atoms with Gasteiger partial charge in [0.1, 0.15) is 5.75 Å². The van der Waals surface area contributed by atoms with Crippen molar-refractivity contribution in [3.63, 3.8) is 0 Å². The quantitative estimate of drug-likeness (QED) is 0.615. The Balaban J connectivity index is 3.15. The third-order valence-corrected chi connectivity index (χ3v) is 3.46. The summed E-state index contributed by atoms with van der Waals surface area (Å²) in [6.07, 6.45) is 0. The van der Waals surface area contributed by atoms with E-state index in [0.29, 0.717) is 9.13 Å². The third kappa shape index (κ3) is 3.01. The summed E-state index contributed by atoms with van der Waals surface area (Å²) in [7, 11) is 0. The molecule has 0 aromatic heterocycles. The molecule has 0 unspecified atom stereocenters. The number of Topliss-reactive ketones (excluding diaryl/α,β-unsaturated/α-hetero) is 1. The smallest absolute Gasteiger partial charge is 0.387 e. The second-order valence-electron chi connectivity index (χ2n) is 2.67. The van der Waals surface area contributed by atoms with Gasteiger partial charge in [-0.1, -0.05) is 11.6 Å². The van der Waals surface area contributed by atoms with Gasteiger partial charge in [-0.3, -0.25) is 4.79 Å². The van der Waals surface area contributed by atoms with Crippen molar-refractivity contribution in [3.8, 4) is 5.75 Å². The van der Waals surface area contributed by atoms with Crippen LogP contribution in [0.25, 0.3) is 0 Å². The van der Waals surface area contributed by atoms with Crippen LogP contribution in [0.15, 0.2) is 12.1 Å². The fraction of sp³-hybridized carbons (Fsp3) is 0.222. The molecule has 82 valence electrons. The summed E-state index contributed by atoms with van der Waals surface area (Å²) in [5, 5.41) is 0.0311. The number of halogens is 4. The van der Waals surface area contributed by atoms with Crippen LogP contribution in [0, 0.1) is 3.57 Å². The van der Waals surface area contributed by atoms with Crippen LogP contribution in [0.2, 0.25) is 5.02 Å². The van der Waals surface area contributed by atoms with Crippen LogP contribution in [0.1, 0.15) is 17.3 Å². The van der Waals surface area contributed by atoms with Gasteiger partial charge < -0.3 is 4.74 Å². The van der Waals surface area contributed by atoms with Gasteiger partial charge in [0.25, 0.3) is 0 Å². The van der Waals surface area contributed by atoms with E-state index >= 15 is 0 Å². The van der Waals surface area contributed by atoms with Gasteiger partial charge in [-0.25, -0.2) is 0 Å². The minimum Gasteiger partial charge on any atom is -0.433 e. The molecule has 0 bridgehead atoms. The second kappa shape index (κ2) is 5.07. The molecule has 6 heteroatoms. The Kier molecular flexibility index (Phi) is 4.27. The van der Waals surface area contributed by atoms with Crippen LogP contribution in [0.3, 0.4) is 0 Å². The molecular weight excluding hydrogens is 340 g/mol. The Morgan fingerprint density at radius 2 is 2.13 bits per heavy atom. The Morgan fingerprint density at radius 3 is 2.60 bits per heavy atom. The number of carbonyl (C=O) groups excluding carboxylic acids is 1. The van der Waals surface area contributed by atoms with E-state index in [1.807, 2.05) is 22.6 Å². The van der Waals surface area contributed by atoms with Crippen LogP contribution in [-0.4, -0.2) is 12.4 Å². The molecule has 0 amide bonds. The van der Waals surface area contributed by atoms with Gasteiger partial charge in [0.15, 0.2) is 5.78 Å². The fourth-order valence-corrected chi connectivity index (χ4v) is 2.03. The summed E-state index contributed by atoms with van der Waals surface area (Å²) in [4.78, 5) is 11.1. The lowest BCUT2D eigenvalue weighted by Crippen LogP contribution is -2.04. The van der Waals surface area contributed by atoms with E-state index in [4.69, 9.17) is 11.6 Å². The first-order valence-electron chi connectivity index (χ1n) is 3.87. The summed E-state index contributed by atoms with van der Waals surface area (Å²) in [5.74, 6) is -0.300. The van der Waals surface area contributed by atoms with E-state index in [2.05, 4.69) is 4.74 Å². The van der Waals surface area contributed by atoms with E-state index in [9.17, 15) is 13.6 Å². The summed E-state index contributed by atoms with van der Waals surface area (Å²) in [6, 6.07) is 2.67. The van der Waals surface area contributed by atoms with Crippen LogP contribution in [0.5, 0.6) is 5.75 Å². The van der Waals surface area contributed by atoms with E-state index in [1.54, 1.807) is 0 Å². The highest BCUT2D eigenvalue weighted by atomic mass is 127. The van der Waals surface area contributed by atoms with Crippen molar-refractivity contribution < 1.29 is 18.3 Å². The van der Waals surface area contributed by atoms with Crippen molar-refractivity contribution in [2.45, 2.75) is 13.5 Å². The predicted octanol–water partition coefficient (Wildman–Crippen LogP) is 3.75. The summed E-state index contributed by atoms with van der Waals surface area (Å²) >= 11 is 7.58. The van der Waals surface area contributed by atoms with Gasteiger partial charge >= 0.3 is 6.61 Å². The molecule has 0 spiro atoms. The minimum absolute atomic E-state index is 0.0311. The molecule has 0 heterocycles. The monoisotopic (exact) mass is 346 g/mol. The van der Waals surface area contributed by atoms with Gasteiger partial charge in [0, 0.05) is 9.13 Å². The van der Waals surface area contributed by atoms with Crippen molar-refractivity contribution in [2.75, 3.05) is 0 Å². The molecular formula is C9H6ClF2IO2. The molecule has 0 radical (unpaired) electrons. The highest BCUT2D eigenvalue weighted by Crippen LogP contribution is 2.33. The zero-order valence-electron chi connectivity index (χ0n) is 7.56. The molecule has 0 saturated carbocycles. The summed E-state index contributed by atoms with van der Waals surface area (Å²) in [5.41, 5.74) is 0.391. The average Bonchev–Trinajstić information content (AvgIpc) is 2.12. The van der Waals surface area contributed by atoms with Gasteiger partial charge in [-0.05, 0) is 41.6 Å². The first-order valence-corrected chi connectivity index (χ1v) is 5.33. The molecule has 0 fully saturated rings. The molecule has 0 aliphatic rings. The average molecular weight is 346 g/mol. The normalized spacial score (nSPS) is 10.5. The molecule has 0 N–H and O–H groups in total. The fourth-order valence-electron chi connectivity index (χ4n) is 0.991. The maximum atomic E-state index is 11.9. The molecule has 2 nitrogen and oxygen atoms in total. The first kappa shape index (κ1) is 12.6. The Labute approximate surface area is 104 Å². The van der Waals surface area contributed by atoms with E-state index in [1.165, 1.54) is 19.1 Å². The maximum absolute atomic E-state index is 11.9. The van der Waals surface area contributed by atoms with Crippen LogP contribution in [-0.2, 0) is 0 Å². The van der Waals surface area contributed by atoms with Gasteiger partial charge in [-0.15, -0.1) is 0 Å². The second-order valence-corrected chi connectivity index (χ2v) is 4.13. The van der Waals surface area contributed by atoms with E-state index < -0.39 is 6.61 Å². The predicted molar refractivity (Wildman–Crippen MR) is 60.8 cm³/mol. The number of hydrogen-bond donors (Lipinski definition) is 0. The lowest BCUT2D eigenvalue weighted by Gasteiger charge is -2.09. The highest BCUT2D eigenvalue weighted by Gasteiger charge is 2.15. The van der Waals surface area contributed by atoms with Crippen molar-refractivity contribution in [3.05, 3.63) is 26.3 Å². The summed E-state index contributed by atoms with van der Waals surface area (Å²) in [6.45, 7) is -1.55. The number of carbonyl (C=O) groups is 1. The van der Waals surface area contributed by atoms with Gasteiger partial charge in [0.05, 0.1) is 5.02 Å².